The second-order valence-corrected chi connectivity index (χ2v) is 10.3. The summed E-state index contributed by atoms with van der Waals surface area (Å²) >= 11 is 0. The smallest absolute Gasteiger partial charge is 0.493 e. The monoisotopic (exact) mass is 540 g/mol. The molecule has 1 aliphatic heterocycles. The van der Waals surface area contributed by atoms with Crippen LogP contribution in [-0.4, -0.2) is 46.7 Å². The Bertz CT molecular complexity index is 1380. The van der Waals surface area contributed by atoms with E-state index in [1.807, 2.05) is 39.0 Å². The number of anilines is 1. The summed E-state index contributed by atoms with van der Waals surface area (Å²) in [6.07, 6.45) is -3.79. The van der Waals surface area contributed by atoms with Gasteiger partial charge in [-0.1, -0.05) is 37.3 Å². The molecule has 0 saturated heterocycles. The Labute approximate surface area is 224 Å². The first-order valence-corrected chi connectivity index (χ1v) is 12.8. The van der Waals surface area contributed by atoms with Crippen LogP contribution in [0.4, 0.5) is 14.6 Å². The van der Waals surface area contributed by atoms with Gasteiger partial charge in [-0.25, -0.2) is 4.98 Å². The van der Waals surface area contributed by atoms with Crippen molar-refractivity contribution in [3.8, 4) is 17.2 Å². The Hall–Kier alpha value is -3.92. The van der Waals surface area contributed by atoms with Crippen LogP contribution in [0.25, 0.3) is 0 Å². The number of benzene rings is 2. The maximum absolute atomic E-state index is 13.7. The predicted molar refractivity (Wildman–Crippen MR) is 139 cm³/mol. The summed E-state index contributed by atoms with van der Waals surface area (Å²) in [6.45, 7) is 5.99. The molecule has 5 rings (SSSR count). The molecular formula is C29H30F2N2O6. The number of aliphatic hydroxyl groups is 1. The maximum Gasteiger partial charge on any atom is 0.586 e. The van der Waals surface area contributed by atoms with Crippen molar-refractivity contribution in [3.05, 3.63) is 77.0 Å². The molecule has 1 aromatic heterocycles. The molecule has 2 heterocycles. The lowest BCUT2D eigenvalue weighted by Crippen LogP contribution is -2.26. The number of nitrogens with one attached hydrogen (secondary N) is 1. The molecule has 0 bridgehead atoms. The van der Waals surface area contributed by atoms with Crippen molar-refractivity contribution in [2.75, 3.05) is 18.5 Å². The quantitative estimate of drug-likeness (QED) is 0.339. The number of carboxylic acids is 1. The highest BCUT2D eigenvalue weighted by atomic mass is 19.3. The van der Waals surface area contributed by atoms with Gasteiger partial charge < -0.3 is 29.7 Å². The molecule has 0 amide bonds. The molecule has 0 fully saturated rings. The van der Waals surface area contributed by atoms with Gasteiger partial charge in [0.15, 0.2) is 11.5 Å². The first-order valence-electron chi connectivity index (χ1n) is 12.8. The summed E-state index contributed by atoms with van der Waals surface area (Å²) < 4.78 is 42.7. The average Bonchev–Trinajstić information content (AvgIpc) is 3.39. The number of hydrogen-bond acceptors (Lipinski definition) is 7. The normalized spacial score (nSPS) is 21.5. The number of carboxylic acid groups (broad SMARTS) is 1. The standard InChI is InChI=1S/C29H30F2N2O6/c1-15(2)32-23-11-9-19-24(17-8-10-21-22(12-17)39-29(30,31)38-21)26(28(35)36)25(27(19)33-23)18-6-4-5-7-20(18)37-14-16(3)13-34/h4-12,15-16,24-26,34H,13-14H2,1-3H3,(H,32,33)(H,35,36)/t16?,24-,25-,26+/m0/s1. The van der Waals surface area contributed by atoms with Crippen molar-refractivity contribution < 1.29 is 38.0 Å². The lowest BCUT2D eigenvalue weighted by molar-refractivity contribution is -0.286. The lowest BCUT2D eigenvalue weighted by Gasteiger charge is -2.24. The SMILES string of the molecule is CC(CO)COc1ccccc1[C@@H]1c2nc(NC(C)C)ccc2[C@H](c2ccc3c(c2)OC(F)(F)O3)[C@H]1C(=O)O. The van der Waals surface area contributed by atoms with Gasteiger partial charge in [-0.3, -0.25) is 4.79 Å². The molecule has 39 heavy (non-hydrogen) atoms. The Morgan fingerprint density at radius 1 is 1.05 bits per heavy atom. The molecule has 206 valence electrons. The van der Waals surface area contributed by atoms with E-state index in [-0.39, 0.29) is 36.7 Å². The first-order chi connectivity index (χ1) is 18.6. The summed E-state index contributed by atoms with van der Waals surface area (Å²) in [5, 5.41) is 23.3. The van der Waals surface area contributed by atoms with E-state index in [9.17, 15) is 23.8 Å². The number of aliphatic carboxylic acids is 1. The minimum Gasteiger partial charge on any atom is -0.493 e. The summed E-state index contributed by atoms with van der Waals surface area (Å²) in [4.78, 5) is 17.8. The topological polar surface area (TPSA) is 110 Å². The third-order valence-corrected chi connectivity index (χ3v) is 6.90. The molecule has 3 aromatic rings. The van der Waals surface area contributed by atoms with E-state index >= 15 is 0 Å². The second kappa shape index (κ2) is 10.3. The third kappa shape index (κ3) is 5.21. The van der Waals surface area contributed by atoms with E-state index in [1.165, 1.54) is 12.1 Å². The number of aliphatic hydroxyl groups excluding tert-OH is 1. The largest absolute Gasteiger partial charge is 0.586 e. The number of halogens is 2. The molecule has 2 aromatic carbocycles. The van der Waals surface area contributed by atoms with Crippen LogP contribution >= 0.6 is 0 Å². The van der Waals surface area contributed by atoms with Gasteiger partial charge in [-0.15, -0.1) is 8.78 Å². The van der Waals surface area contributed by atoms with Crippen LogP contribution in [0, 0.1) is 11.8 Å². The summed E-state index contributed by atoms with van der Waals surface area (Å²) in [7, 11) is 0. The van der Waals surface area contributed by atoms with E-state index < -0.39 is 30.0 Å². The van der Waals surface area contributed by atoms with Gasteiger partial charge in [0.25, 0.3) is 0 Å². The number of pyridine rings is 1. The van der Waals surface area contributed by atoms with Gasteiger partial charge >= 0.3 is 12.3 Å². The van der Waals surface area contributed by atoms with Crippen LogP contribution in [-0.2, 0) is 4.79 Å². The van der Waals surface area contributed by atoms with E-state index in [4.69, 9.17) is 9.72 Å². The molecule has 1 aliphatic carbocycles. The Kier molecular flexibility index (Phi) is 7.07. The van der Waals surface area contributed by atoms with E-state index in [0.29, 0.717) is 34.0 Å². The van der Waals surface area contributed by atoms with Crippen LogP contribution in [0.1, 0.15) is 55.0 Å². The number of para-hydroxylation sites is 1. The number of alkyl halides is 2. The zero-order chi connectivity index (χ0) is 27.9. The Morgan fingerprint density at radius 2 is 1.79 bits per heavy atom. The van der Waals surface area contributed by atoms with Crippen molar-refractivity contribution >= 4 is 11.8 Å². The van der Waals surface area contributed by atoms with Gasteiger partial charge in [-0.05, 0) is 49.2 Å². The summed E-state index contributed by atoms with van der Waals surface area (Å²) in [6, 6.07) is 15.3. The van der Waals surface area contributed by atoms with Crippen molar-refractivity contribution in [3.63, 3.8) is 0 Å². The highest BCUT2D eigenvalue weighted by molar-refractivity contribution is 5.78. The number of fused-ring (bicyclic) bond motifs is 2. The predicted octanol–water partition coefficient (Wildman–Crippen LogP) is 5.21. The highest BCUT2D eigenvalue weighted by Crippen LogP contribution is 2.55. The molecule has 0 radical (unpaired) electrons. The summed E-state index contributed by atoms with van der Waals surface area (Å²) in [5.41, 5.74) is 2.36. The third-order valence-electron chi connectivity index (χ3n) is 6.90. The number of rotatable bonds is 9. The van der Waals surface area contributed by atoms with Crippen LogP contribution in [0.2, 0.25) is 0 Å². The van der Waals surface area contributed by atoms with Crippen LogP contribution in [0.3, 0.4) is 0 Å². The van der Waals surface area contributed by atoms with E-state index in [0.717, 1.165) is 0 Å². The van der Waals surface area contributed by atoms with E-state index in [2.05, 4.69) is 14.8 Å². The van der Waals surface area contributed by atoms with Crippen molar-refractivity contribution in [2.24, 2.45) is 11.8 Å². The number of ether oxygens (including phenoxy) is 3. The minimum absolute atomic E-state index is 0.0524. The lowest BCUT2D eigenvalue weighted by atomic mass is 9.79. The molecule has 4 atom stereocenters. The zero-order valence-electron chi connectivity index (χ0n) is 21.7. The van der Waals surface area contributed by atoms with Gasteiger partial charge in [0.1, 0.15) is 11.6 Å². The number of carbonyl (C=O) groups is 1. The number of aromatic nitrogens is 1. The molecule has 2 aliphatic rings. The molecule has 10 heteroatoms. The summed E-state index contributed by atoms with van der Waals surface area (Å²) in [5.74, 6) is -2.81. The fourth-order valence-electron chi connectivity index (χ4n) is 5.26. The fourth-order valence-corrected chi connectivity index (χ4v) is 5.26. The Balaban J connectivity index is 1.65. The van der Waals surface area contributed by atoms with Crippen molar-refractivity contribution in [2.45, 2.75) is 44.9 Å². The molecule has 1 unspecified atom stereocenters. The average molecular weight is 541 g/mol. The highest BCUT2D eigenvalue weighted by Gasteiger charge is 2.50. The minimum atomic E-state index is -3.79. The maximum atomic E-state index is 13.7. The number of hydrogen-bond donors (Lipinski definition) is 3. The molecule has 0 spiro atoms. The first kappa shape index (κ1) is 26.7. The van der Waals surface area contributed by atoms with Gasteiger partial charge in [0, 0.05) is 36.0 Å². The van der Waals surface area contributed by atoms with Crippen molar-refractivity contribution in [1.29, 1.82) is 0 Å². The second-order valence-electron chi connectivity index (χ2n) is 10.3. The molecular weight excluding hydrogens is 510 g/mol. The number of nitrogens with zero attached hydrogens (tertiary/aromatic N) is 1. The molecule has 0 saturated carbocycles. The Morgan fingerprint density at radius 3 is 2.51 bits per heavy atom. The van der Waals surface area contributed by atoms with Crippen molar-refractivity contribution in [1.82, 2.24) is 4.98 Å². The van der Waals surface area contributed by atoms with Gasteiger partial charge in [0.2, 0.25) is 0 Å². The zero-order valence-corrected chi connectivity index (χ0v) is 21.7. The van der Waals surface area contributed by atoms with Crippen LogP contribution < -0.4 is 19.5 Å². The van der Waals surface area contributed by atoms with Crippen LogP contribution in [0.15, 0.2) is 54.6 Å². The molecule has 8 nitrogen and oxygen atoms in total. The van der Waals surface area contributed by atoms with Gasteiger partial charge in [0.05, 0.1) is 18.2 Å². The van der Waals surface area contributed by atoms with Crippen LogP contribution in [0.5, 0.6) is 17.2 Å². The fraction of sp³-hybridized carbons (Fsp3) is 0.379. The molecule has 3 N–H and O–H groups in total. The van der Waals surface area contributed by atoms with E-state index in [1.54, 1.807) is 24.3 Å². The van der Waals surface area contributed by atoms with Gasteiger partial charge in [-0.2, -0.15) is 0 Å².